The molecule has 3 heteroatoms. The topological polar surface area (TPSA) is 15.3 Å². The van der Waals surface area contributed by atoms with Crippen molar-refractivity contribution in [2.75, 3.05) is 19.6 Å². The monoisotopic (exact) mass is 264 g/mol. The van der Waals surface area contributed by atoms with Crippen LogP contribution in [-0.4, -0.2) is 24.5 Å². The van der Waals surface area contributed by atoms with Crippen LogP contribution in [0.3, 0.4) is 0 Å². The summed E-state index contributed by atoms with van der Waals surface area (Å²) in [5.74, 6) is 0. The molecule has 1 rings (SSSR count). The molecule has 0 unspecified atom stereocenters. The molecule has 0 spiro atoms. The summed E-state index contributed by atoms with van der Waals surface area (Å²) >= 11 is 1.89. The van der Waals surface area contributed by atoms with Gasteiger partial charge in [0.15, 0.2) is 0 Å². The van der Waals surface area contributed by atoms with Crippen LogP contribution in [0.2, 0.25) is 0 Å². The van der Waals surface area contributed by atoms with Gasteiger partial charge in [0.1, 0.15) is 0 Å². The zero-order chi connectivity index (χ0) is 13.2. The van der Waals surface area contributed by atoms with Crippen molar-refractivity contribution in [1.29, 1.82) is 0 Å². The van der Waals surface area contributed by atoms with Crippen LogP contribution in [0.15, 0.2) is 37.4 Å². The summed E-state index contributed by atoms with van der Waals surface area (Å²) in [4.78, 5) is 5.15. The molecule has 0 fully saturated rings. The second-order valence-corrected chi connectivity index (χ2v) is 5.57. The summed E-state index contributed by atoms with van der Waals surface area (Å²) in [5, 5.41) is 3.43. The van der Waals surface area contributed by atoms with Gasteiger partial charge in [0.05, 0.1) is 0 Å². The van der Waals surface area contributed by atoms with E-state index in [1.165, 1.54) is 16.2 Å². The zero-order valence-corrected chi connectivity index (χ0v) is 12.1. The van der Waals surface area contributed by atoms with Crippen molar-refractivity contribution in [2.45, 2.75) is 26.4 Å². The maximum Gasteiger partial charge on any atom is 0.0334 e. The molecule has 1 aromatic heterocycles. The van der Waals surface area contributed by atoms with Gasteiger partial charge in [-0.15, -0.1) is 24.5 Å². The Hall–Kier alpha value is -0.900. The summed E-state index contributed by atoms with van der Waals surface area (Å²) < 4.78 is 0. The van der Waals surface area contributed by atoms with Gasteiger partial charge in [-0.3, -0.25) is 4.90 Å². The zero-order valence-electron chi connectivity index (χ0n) is 11.3. The Labute approximate surface area is 115 Å². The predicted octanol–water partition coefficient (Wildman–Crippen LogP) is 3.42. The Morgan fingerprint density at radius 3 is 2.50 bits per heavy atom. The van der Waals surface area contributed by atoms with Gasteiger partial charge < -0.3 is 5.32 Å². The Bertz CT molecular complexity index is 347. The highest BCUT2D eigenvalue weighted by Gasteiger charge is 2.05. The number of hydrogen-bond donors (Lipinski definition) is 1. The molecule has 1 aromatic rings. The number of hydrogen-bond acceptors (Lipinski definition) is 3. The van der Waals surface area contributed by atoms with Crippen LogP contribution in [0.25, 0.3) is 0 Å². The van der Waals surface area contributed by atoms with E-state index in [4.69, 9.17) is 0 Å². The van der Waals surface area contributed by atoms with Crippen LogP contribution in [0, 0.1) is 0 Å². The van der Waals surface area contributed by atoms with Crippen molar-refractivity contribution in [1.82, 2.24) is 10.2 Å². The molecule has 0 saturated heterocycles. The molecule has 0 amide bonds. The van der Waals surface area contributed by atoms with Crippen molar-refractivity contribution < 1.29 is 0 Å². The quantitative estimate of drug-likeness (QED) is 0.514. The van der Waals surface area contributed by atoms with Gasteiger partial charge >= 0.3 is 0 Å². The fourth-order valence-electron chi connectivity index (χ4n) is 1.78. The van der Waals surface area contributed by atoms with E-state index in [1.807, 2.05) is 23.5 Å². The maximum atomic E-state index is 3.80. The molecule has 0 aromatic carbocycles. The lowest BCUT2D eigenvalue weighted by Gasteiger charge is -2.17. The van der Waals surface area contributed by atoms with Crippen LogP contribution in [0.5, 0.6) is 0 Å². The molecular weight excluding hydrogens is 240 g/mol. The average Bonchev–Trinajstić information content (AvgIpc) is 2.78. The van der Waals surface area contributed by atoms with E-state index in [9.17, 15) is 0 Å². The Morgan fingerprint density at radius 1 is 1.22 bits per heavy atom. The minimum Gasteiger partial charge on any atom is -0.312 e. The van der Waals surface area contributed by atoms with E-state index >= 15 is 0 Å². The van der Waals surface area contributed by atoms with Gasteiger partial charge in [-0.1, -0.05) is 19.1 Å². The molecule has 0 aliphatic rings. The maximum absolute atomic E-state index is 3.80. The van der Waals surface area contributed by atoms with Crippen molar-refractivity contribution >= 4 is 11.3 Å². The van der Waals surface area contributed by atoms with Crippen LogP contribution >= 0.6 is 11.3 Å². The van der Waals surface area contributed by atoms with Gasteiger partial charge in [-0.2, -0.15) is 0 Å². The fourth-order valence-corrected chi connectivity index (χ4v) is 2.81. The highest BCUT2D eigenvalue weighted by atomic mass is 32.1. The van der Waals surface area contributed by atoms with E-state index < -0.39 is 0 Å². The van der Waals surface area contributed by atoms with E-state index in [-0.39, 0.29) is 0 Å². The average molecular weight is 264 g/mol. The van der Waals surface area contributed by atoms with Crippen LogP contribution < -0.4 is 5.32 Å². The highest BCUT2D eigenvalue weighted by molar-refractivity contribution is 7.11. The highest BCUT2D eigenvalue weighted by Crippen LogP contribution is 2.18. The first kappa shape index (κ1) is 15.2. The molecule has 2 nitrogen and oxygen atoms in total. The van der Waals surface area contributed by atoms with Gasteiger partial charge in [-0.05, 0) is 25.1 Å². The Kier molecular flexibility index (Phi) is 7.65. The molecule has 0 radical (unpaired) electrons. The minimum atomic E-state index is 0.910. The summed E-state index contributed by atoms with van der Waals surface area (Å²) in [5.41, 5.74) is 0. The van der Waals surface area contributed by atoms with Crippen molar-refractivity contribution in [3.8, 4) is 0 Å². The van der Waals surface area contributed by atoms with Crippen molar-refractivity contribution in [3.63, 3.8) is 0 Å². The molecule has 0 bridgehead atoms. The second-order valence-electron chi connectivity index (χ2n) is 4.32. The predicted molar refractivity (Wildman–Crippen MR) is 82.0 cm³/mol. The van der Waals surface area contributed by atoms with E-state index in [1.54, 1.807) is 0 Å². The number of nitrogens with one attached hydrogen (secondary N) is 1. The lowest BCUT2D eigenvalue weighted by molar-refractivity contribution is 0.331. The third-order valence-electron chi connectivity index (χ3n) is 2.60. The second kappa shape index (κ2) is 9.09. The van der Waals surface area contributed by atoms with Gasteiger partial charge in [0, 0.05) is 35.9 Å². The summed E-state index contributed by atoms with van der Waals surface area (Å²) in [7, 11) is 0. The minimum absolute atomic E-state index is 0.910. The van der Waals surface area contributed by atoms with Gasteiger partial charge in [-0.25, -0.2) is 0 Å². The first-order valence-electron chi connectivity index (χ1n) is 6.52. The molecular formula is C15H24N2S. The first-order valence-corrected chi connectivity index (χ1v) is 7.34. The summed E-state index contributed by atoms with van der Waals surface area (Å²) in [6, 6.07) is 4.45. The standard InChI is InChI=1S/C15H24N2S/c1-4-9-16-12-14-7-8-15(18-14)13-17(10-5-2)11-6-3/h5-8,16H,2-4,9-13H2,1H3. The molecule has 0 aliphatic carbocycles. The summed E-state index contributed by atoms with van der Waals surface area (Å²) in [6.07, 6.45) is 5.08. The third-order valence-corrected chi connectivity index (χ3v) is 3.67. The molecule has 0 saturated carbocycles. The smallest absolute Gasteiger partial charge is 0.0334 e. The SMILES string of the molecule is C=CCN(CC=C)Cc1ccc(CNCCC)s1. The van der Waals surface area contributed by atoms with E-state index in [0.29, 0.717) is 0 Å². The van der Waals surface area contributed by atoms with Gasteiger partial charge in [0.25, 0.3) is 0 Å². The lowest BCUT2D eigenvalue weighted by atomic mass is 10.3. The normalized spacial score (nSPS) is 10.8. The van der Waals surface area contributed by atoms with E-state index in [0.717, 1.165) is 32.7 Å². The first-order chi connectivity index (χ1) is 8.80. The van der Waals surface area contributed by atoms with Gasteiger partial charge in [0.2, 0.25) is 0 Å². The number of nitrogens with zero attached hydrogens (tertiary/aromatic N) is 1. The van der Waals surface area contributed by atoms with E-state index in [2.05, 4.69) is 42.4 Å². The van der Waals surface area contributed by atoms with Crippen molar-refractivity contribution in [2.24, 2.45) is 0 Å². The summed E-state index contributed by atoms with van der Waals surface area (Å²) in [6.45, 7) is 14.7. The lowest BCUT2D eigenvalue weighted by Crippen LogP contribution is -2.22. The molecule has 0 aliphatic heterocycles. The molecule has 100 valence electrons. The Balaban J connectivity index is 2.45. The molecule has 1 heterocycles. The molecule has 1 N–H and O–H groups in total. The Morgan fingerprint density at radius 2 is 1.89 bits per heavy atom. The van der Waals surface area contributed by atoms with Crippen LogP contribution in [-0.2, 0) is 13.1 Å². The number of rotatable bonds is 10. The van der Waals surface area contributed by atoms with Crippen LogP contribution in [0.1, 0.15) is 23.1 Å². The number of thiophene rings is 1. The fraction of sp³-hybridized carbons (Fsp3) is 0.467. The van der Waals surface area contributed by atoms with Crippen LogP contribution in [0.4, 0.5) is 0 Å². The largest absolute Gasteiger partial charge is 0.312 e. The molecule has 0 atom stereocenters. The molecule has 18 heavy (non-hydrogen) atoms. The third kappa shape index (κ3) is 5.63. The van der Waals surface area contributed by atoms with Crippen molar-refractivity contribution in [3.05, 3.63) is 47.2 Å².